The minimum absolute atomic E-state index is 0.123. The minimum atomic E-state index is -1.25. The molecule has 190 valence electrons. The van der Waals surface area contributed by atoms with Crippen molar-refractivity contribution >= 4 is 52.3 Å². The van der Waals surface area contributed by atoms with Gasteiger partial charge in [-0.15, -0.1) is 11.3 Å². The fraction of sp³-hybridized carbons (Fsp3) is 0.625. The molecule has 0 unspecified atom stereocenters. The number of aromatic nitrogens is 1. The molecule has 0 radical (unpaired) electrons. The van der Waals surface area contributed by atoms with Gasteiger partial charge in [-0.2, -0.15) is 0 Å². The smallest absolute Gasteiger partial charge is 0.223 e. The van der Waals surface area contributed by atoms with Crippen LogP contribution in [0.2, 0.25) is 0 Å². The fourth-order valence-electron chi connectivity index (χ4n) is 3.76. The highest BCUT2D eigenvalue weighted by Gasteiger charge is 2.42. The lowest BCUT2D eigenvalue weighted by Gasteiger charge is -2.34. The number of aliphatic hydroxyl groups excluding tert-OH is 2. The summed E-state index contributed by atoms with van der Waals surface area (Å²) in [7, 11) is 0. The summed E-state index contributed by atoms with van der Waals surface area (Å²) in [6, 6.07) is -0.608. The van der Waals surface area contributed by atoms with Crippen LogP contribution in [0.15, 0.2) is 21.5 Å². The van der Waals surface area contributed by atoms with Crippen molar-refractivity contribution in [3.63, 3.8) is 0 Å². The maximum atomic E-state index is 13.1. The number of halogens is 2. The van der Waals surface area contributed by atoms with E-state index < -0.39 is 35.5 Å². The van der Waals surface area contributed by atoms with E-state index in [1.165, 1.54) is 11.3 Å². The first kappa shape index (κ1) is 28.9. The van der Waals surface area contributed by atoms with Gasteiger partial charge >= 0.3 is 0 Å². The van der Waals surface area contributed by atoms with Crippen LogP contribution in [0, 0.1) is 24.2 Å². The number of aliphatic hydroxyl groups is 2. The zero-order chi connectivity index (χ0) is 25.6. The van der Waals surface area contributed by atoms with Gasteiger partial charge in [-0.05, 0) is 19.4 Å². The summed E-state index contributed by atoms with van der Waals surface area (Å²) in [5, 5.41) is 27.8. The van der Waals surface area contributed by atoms with Gasteiger partial charge in [0.05, 0.1) is 54.0 Å². The Labute approximate surface area is 215 Å². The Bertz CT molecular complexity index is 930. The summed E-state index contributed by atoms with van der Waals surface area (Å²) >= 11 is 14.3. The number of hydrogen-bond acceptors (Lipinski definition) is 7. The van der Waals surface area contributed by atoms with Crippen molar-refractivity contribution in [1.29, 1.82) is 0 Å². The van der Waals surface area contributed by atoms with Crippen LogP contribution in [0.1, 0.15) is 51.2 Å². The number of rotatable bonds is 2. The number of hydrogen-bond donors (Lipinski definition) is 3. The maximum absolute atomic E-state index is 13.1. The summed E-state index contributed by atoms with van der Waals surface area (Å²) in [6.07, 6.45) is 1.17. The molecule has 0 fully saturated rings. The van der Waals surface area contributed by atoms with Gasteiger partial charge in [-0.1, -0.05) is 57.0 Å². The second-order valence-corrected chi connectivity index (χ2v) is 11.4. The molecule has 34 heavy (non-hydrogen) atoms. The van der Waals surface area contributed by atoms with Crippen LogP contribution in [0.3, 0.4) is 0 Å². The number of Topliss-reactive ketones (excluding diaryl/α,β-unsaturated/α-hetero) is 1. The minimum Gasteiger partial charge on any atom is -0.392 e. The van der Waals surface area contributed by atoms with Crippen molar-refractivity contribution in [3.05, 3.63) is 32.2 Å². The predicted molar refractivity (Wildman–Crippen MR) is 136 cm³/mol. The molecule has 1 aromatic heterocycles. The summed E-state index contributed by atoms with van der Waals surface area (Å²) in [4.78, 5) is 30.3. The molecule has 1 aromatic rings. The highest BCUT2D eigenvalue weighted by molar-refractivity contribution is 7.09. The van der Waals surface area contributed by atoms with E-state index in [2.05, 4.69) is 10.3 Å². The van der Waals surface area contributed by atoms with Crippen LogP contribution in [-0.4, -0.2) is 58.4 Å². The molecule has 5 atom stereocenters. The Morgan fingerprint density at radius 3 is 2.62 bits per heavy atom. The van der Waals surface area contributed by atoms with Crippen molar-refractivity contribution in [2.45, 2.75) is 65.7 Å². The van der Waals surface area contributed by atoms with Crippen molar-refractivity contribution in [2.24, 2.45) is 17.3 Å². The highest BCUT2D eigenvalue weighted by atomic mass is 35.5. The zero-order valence-electron chi connectivity index (χ0n) is 20.2. The van der Waals surface area contributed by atoms with Crippen LogP contribution in [0.25, 0.3) is 6.08 Å². The van der Waals surface area contributed by atoms with Gasteiger partial charge in [0.25, 0.3) is 0 Å². The number of carbonyl (C=O) groups excluding carboxylic acids is 2. The third-order valence-electron chi connectivity index (χ3n) is 6.14. The van der Waals surface area contributed by atoms with E-state index in [4.69, 9.17) is 27.9 Å². The van der Waals surface area contributed by atoms with Gasteiger partial charge in [-0.3, -0.25) is 9.59 Å². The van der Waals surface area contributed by atoms with Crippen LogP contribution in [0.4, 0.5) is 0 Å². The molecule has 2 rings (SSSR count). The Morgan fingerprint density at radius 1 is 1.32 bits per heavy atom. The maximum Gasteiger partial charge on any atom is 0.223 e. The van der Waals surface area contributed by atoms with Gasteiger partial charge in [0.15, 0.2) is 0 Å². The van der Waals surface area contributed by atoms with Crippen molar-refractivity contribution in [2.75, 3.05) is 13.2 Å². The number of amides is 1. The number of nitrogens with one attached hydrogen (secondary N) is 1. The van der Waals surface area contributed by atoms with Crippen molar-refractivity contribution in [3.8, 4) is 0 Å². The number of ketones is 1. The van der Waals surface area contributed by atoms with Gasteiger partial charge in [0.1, 0.15) is 5.78 Å². The molecule has 0 saturated carbocycles. The topological polar surface area (TPSA) is 109 Å². The standard InChI is InChI=1S/C24H34Cl2N2O5S/c1-13-10-33-11-16(25)6-7-19(18(26)8-17-12-34-15(3)27-17)28-21(30)9-20(29)24(4,5)23(32)14(2)22(13)31/h6,8,12-14,19-20,22,29,31H,7,9-11H2,1-5H3,(H,28,30)/b16-6+,18-8-/t13-,14+,19-,20-,22-/m0/s1. The summed E-state index contributed by atoms with van der Waals surface area (Å²) in [5.74, 6) is -1.88. The Hall–Kier alpha value is -1.29. The Morgan fingerprint density at radius 2 is 2.00 bits per heavy atom. The van der Waals surface area contributed by atoms with Gasteiger partial charge in [0, 0.05) is 27.3 Å². The molecule has 0 aliphatic carbocycles. The van der Waals surface area contributed by atoms with Gasteiger partial charge < -0.3 is 20.3 Å². The Kier molecular flexibility index (Phi) is 10.7. The van der Waals surface area contributed by atoms with E-state index in [0.717, 1.165) is 5.01 Å². The lowest BCUT2D eigenvalue weighted by Crippen LogP contribution is -2.47. The van der Waals surface area contributed by atoms with Gasteiger partial charge in [-0.25, -0.2) is 4.98 Å². The number of nitrogens with zero attached hydrogens (tertiary/aromatic N) is 1. The number of carbonyl (C=O) groups is 2. The number of ether oxygens (including phenoxy) is 1. The largest absolute Gasteiger partial charge is 0.392 e. The Balaban J connectivity index is 2.33. The van der Waals surface area contributed by atoms with E-state index in [1.54, 1.807) is 39.8 Å². The molecule has 7 nitrogen and oxygen atoms in total. The van der Waals surface area contributed by atoms with E-state index in [1.807, 2.05) is 12.3 Å². The first-order chi connectivity index (χ1) is 15.8. The molecule has 0 aromatic carbocycles. The highest BCUT2D eigenvalue weighted by Crippen LogP contribution is 2.31. The third kappa shape index (κ3) is 7.86. The summed E-state index contributed by atoms with van der Waals surface area (Å²) < 4.78 is 5.64. The molecular weight excluding hydrogens is 499 g/mol. The second-order valence-electron chi connectivity index (χ2n) is 9.40. The van der Waals surface area contributed by atoms with E-state index in [9.17, 15) is 19.8 Å². The lowest BCUT2D eigenvalue weighted by atomic mass is 9.73. The van der Waals surface area contributed by atoms with Crippen LogP contribution < -0.4 is 5.32 Å². The van der Waals surface area contributed by atoms with E-state index in [-0.39, 0.29) is 31.3 Å². The van der Waals surface area contributed by atoms with E-state index in [0.29, 0.717) is 22.2 Å². The van der Waals surface area contributed by atoms with Gasteiger partial charge in [0.2, 0.25) is 5.91 Å². The third-order valence-corrected chi connectivity index (χ3v) is 7.57. The molecule has 0 spiro atoms. The fourth-order valence-corrected chi connectivity index (χ4v) is 4.75. The van der Waals surface area contributed by atoms with Crippen molar-refractivity contribution < 1.29 is 24.5 Å². The number of thiazole rings is 1. The quantitative estimate of drug-likeness (QED) is 0.530. The zero-order valence-corrected chi connectivity index (χ0v) is 22.5. The SMILES string of the molecule is Cc1nc(/C=C(\Cl)[C@@H]2C/C=C(/Cl)COC[C@H](C)[C@H](O)[C@@H](C)C(=O)C(C)(C)[C@@H](O)CC(=O)N2)cs1. The average Bonchev–Trinajstić information content (AvgIpc) is 3.18. The second kappa shape index (κ2) is 12.6. The molecule has 1 aliphatic rings. The van der Waals surface area contributed by atoms with Crippen LogP contribution >= 0.6 is 34.5 Å². The summed E-state index contributed by atoms with van der Waals surface area (Å²) in [5.41, 5.74) is -0.563. The number of aryl methyl sites for hydroxylation is 1. The monoisotopic (exact) mass is 532 g/mol. The molecule has 3 N–H and O–H groups in total. The van der Waals surface area contributed by atoms with Crippen LogP contribution in [0.5, 0.6) is 0 Å². The molecule has 1 amide bonds. The predicted octanol–water partition coefficient (Wildman–Crippen LogP) is 4.04. The molecule has 10 heteroatoms. The molecule has 1 aliphatic heterocycles. The average molecular weight is 534 g/mol. The first-order valence-electron chi connectivity index (χ1n) is 11.2. The normalized spacial score (nSPS) is 32.1. The lowest BCUT2D eigenvalue weighted by molar-refractivity contribution is -0.143. The molecule has 0 saturated heterocycles. The molecule has 2 heterocycles. The van der Waals surface area contributed by atoms with Crippen molar-refractivity contribution in [1.82, 2.24) is 10.3 Å². The molecule has 0 bridgehead atoms. The van der Waals surface area contributed by atoms with E-state index >= 15 is 0 Å². The summed E-state index contributed by atoms with van der Waals surface area (Å²) in [6.45, 7) is 8.78. The van der Waals surface area contributed by atoms with Crippen LogP contribution in [-0.2, 0) is 14.3 Å². The first-order valence-corrected chi connectivity index (χ1v) is 12.9. The molecular formula is C24H34Cl2N2O5S.